The highest BCUT2D eigenvalue weighted by Crippen LogP contribution is 2.32. The number of hydrogen-bond donors (Lipinski definition) is 0. The van der Waals surface area contributed by atoms with Gasteiger partial charge in [-0.25, -0.2) is 0 Å². The van der Waals surface area contributed by atoms with Crippen molar-refractivity contribution in [3.05, 3.63) is 58.2 Å². The standard InChI is InChI=1S/C17H15ClN2O2S/c1-2-9-20-16(21)15(23-17(20)22)11-14-4-3-10-19(14)13-7-5-12(18)6-8-13/h3-8,10-11H,2,9H2,1H3/b15-11+. The first-order valence-corrected chi connectivity index (χ1v) is 8.48. The van der Waals surface area contributed by atoms with Crippen LogP contribution in [0.5, 0.6) is 0 Å². The van der Waals surface area contributed by atoms with Gasteiger partial charge in [0.15, 0.2) is 0 Å². The first-order chi connectivity index (χ1) is 11.1. The lowest BCUT2D eigenvalue weighted by Gasteiger charge is -2.10. The van der Waals surface area contributed by atoms with Crippen LogP contribution in [-0.4, -0.2) is 27.2 Å². The number of benzene rings is 1. The lowest BCUT2D eigenvalue weighted by Crippen LogP contribution is -2.28. The summed E-state index contributed by atoms with van der Waals surface area (Å²) in [5.41, 5.74) is 1.78. The molecule has 1 saturated heterocycles. The summed E-state index contributed by atoms with van der Waals surface area (Å²) in [5.74, 6) is -0.217. The molecule has 0 spiro atoms. The van der Waals surface area contributed by atoms with Gasteiger partial charge in [-0.15, -0.1) is 0 Å². The molecule has 0 atom stereocenters. The average molecular weight is 347 g/mol. The molecule has 23 heavy (non-hydrogen) atoms. The van der Waals surface area contributed by atoms with Gasteiger partial charge in [0.25, 0.3) is 11.1 Å². The Labute approximate surface area is 143 Å². The lowest BCUT2D eigenvalue weighted by molar-refractivity contribution is -0.122. The molecule has 1 aliphatic rings. The van der Waals surface area contributed by atoms with E-state index in [1.165, 1.54) is 4.90 Å². The maximum Gasteiger partial charge on any atom is 0.293 e. The monoisotopic (exact) mass is 346 g/mol. The average Bonchev–Trinajstić information content (AvgIpc) is 3.09. The van der Waals surface area contributed by atoms with Gasteiger partial charge in [0.1, 0.15) is 0 Å². The fraction of sp³-hybridized carbons (Fsp3) is 0.176. The normalized spacial score (nSPS) is 16.6. The third kappa shape index (κ3) is 3.21. The fourth-order valence-corrected chi connectivity index (χ4v) is 3.37. The molecule has 1 aromatic heterocycles. The molecule has 2 aromatic rings. The van der Waals surface area contributed by atoms with E-state index >= 15 is 0 Å². The molecule has 4 nitrogen and oxygen atoms in total. The molecule has 0 saturated carbocycles. The number of amides is 2. The lowest BCUT2D eigenvalue weighted by atomic mass is 10.3. The van der Waals surface area contributed by atoms with Crippen LogP contribution in [0, 0.1) is 0 Å². The van der Waals surface area contributed by atoms with Crippen LogP contribution in [0.4, 0.5) is 4.79 Å². The summed E-state index contributed by atoms with van der Waals surface area (Å²) in [6.07, 6.45) is 4.42. The van der Waals surface area contributed by atoms with Gasteiger partial charge in [-0.3, -0.25) is 14.5 Å². The van der Waals surface area contributed by atoms with Crippen molar-refractivity contribution in [2.24, 2.45) is 0 Å². The molecule has 0 unspecified atom stereocenters. The van der Waals surface area contributed by atoms with Gasteiger partial charge in [0.2, 0.25) is 0 Å². The van der Waals surface area contributed by atoms with Crippen molar-refractivity contribution in [2.45, 2.75) is 13.3 Å². The van der Waals surface area contributed by atoms with Gasteiger partial charge in [-0.05, 0) is 60.7 Å². The molecule has 0 bridgehead atoms. The molecule has 0 aliphatic carbocycles. The van der Waals surface area contributed by atoms with E-state index < -0.39 is 0 Å². The predicted octanol–water partition coefficient (Wildman–Crippen LogP) is 4.58. The van der Waals surface area contributed by atoms with Gasteiger partial charge >= 0.3 is 0 Å². The van der Waals surface area contributed by atoms with Crippen LogP contribution in [-0.2, 0) is 4.79 Å². The molecule has 3 rings (SSSR count). The van der Waals surface area contributed by atoms with E-state index in [2.05, 4.69) is 0 Å². The highest BCUT2D eigenvalue weighted by Gasteiger charge is 2.34. The minimum atomic E-state index is -0.217. The maximum atomic E-state index is 12.3. The molecule has 6 heteroatoms. The highest BCUT2D eigenvalue weighted by atomic mass is 35.5. The van der Waals surface area contributed by atoms with Crippen LogP contribution < -0.4 is 0 Å². The Bertz CT molecular complexity index is 780. The molecule has 1 aromatic carbocycles. The van der Waals surface area contributed by atoms with E-state index in [1.54, 1.807) is 6.08 Å². The van der Waals surface area contributed by atoms with Crippen LogP contribution in [0.25, 0.3) is 11.8 Å². The molecule has 1 fully saturated rings. The van der Waals surface area contributed by atoms with Crippen LogP contribution >= 0.6 is 23.4 Å². The topological polar surface area (TPSA) is 42.3 Å². The fourth-order valence-electron chi connectivity index (χ4n) is 2.40. The number of nitrogens with zero attached hydrogens (tertiary/aromatic N) is 2. The van der Waals surface area contributed by atoms with E-state index in [0.29, 0.717) is 16.5 Å². The summed E-state index contributed by atoms with van der Waals surface area (Å²) in [7, 11) is 0. The number of imide groups is 1. The third-order valence-corrected chi connectivity index (χ3v) is 4.64. The second-order valence-corrected chi connectivity index (χ2v) is 6.54. The molecule has 1 aliphatic heterocycles. The number of hydrogen-bond acceptors (Lipinski definition) is 3. The number of aromatic nitrogens is 1. The van der Waals surface area contributed by atoms with E-state index in [9.17, 15) is 9.59 Å². The Morgan fingerprint density at radius 2 is 1.91 bits per heavy atom. The van der Waals surface area contributed by atoms with Gasteiger partial charge in [-0.2, -0.15) is 0 Å². The van der Waals surface area contributed by atoms with Gasteiger partial charge in [0, 0.05) is 29.1 Å². The summed E-state index contributed by atoms with van der Waals surface area (Å²) in [6.45, 7) is 2.40. The van der Waals surface area contributed by atoms with Crippen LogP contribution in [0.3, 0.4) is 0 Å². The first-order valence-electron chi connectivity index (χ1n) is 7.29. The molecule has 118 valence electrons. The van der Waals surface area contributed by atoms with Crippen LogP contribution in [0.15, 0.2) is 47.5 Å². The molecule has 0 N–H and O–H groups in total. The zero-order valence-corrected chi connectivity index (χ0v) is 14.1. The number of rotatable bonds is 4. The molecule has 2 amide bonds. The van der Waals surface area contributed by atoms with Crippen molar-refractivity contribution in [3.63, 3.8) is 0 Å². The van der Waals surface area contributed by atoms with Gasteiger partial charge in [-0.1, -0.05) is 18.5 Å². The number of carbonyl (C=O) groups is 2. The predicted molar refractivity (Wildman–Crippen MR) is 93.7 cm³/mol. The van der Waals surface area contributed by atoms with Crippen LogP contribution in [0.2, 0.25) is 5.02 Å². The van der Waals surface area contributed by atoms with Gasteiger partial charge in [0.05, 0.1) is 4.91 Å². The Balaban J connectivity index is 1.92. The maximum absolute atomic E-state index is 12.3. The van der Waals surface area contributed by atoms with Crippen molar-refractivity contribution >= 4 is 40.6 Å². The van der Waals surface area contributed by atoms with Crippen molar-refractivity contribution in [1.82, 2.24) is 9.47 Å². The largest absolute Gasteiger partial charge is 0.317 e. The summed E-state index contributed by atoms with van der Waals surface area (Å²) >= 11 is 6.91. The molecular weight excluding hydrogens is 332 g/mol. The molecule has 0 radical (unpaired) electrons. The molecular formula is C17H15ClN2O2S. The summed E-state index contributed by atoms with van der Waals surface area (Å²) < 4.78 is 1.95. The zero-order chi connectivity index (χ0) is 16.4. The summed E-state index contributed by atoms with van der Waals surface area (Å²) in [5, 5.41) is 0.468. The number of thioether (sulfide) groups is 1. The minimum absolute atomic E-state index is 0.201. The first kappa shape index (κ1) is 15.9. The van der Waals surface area contributed by atoms with Crippen LogP contribution in [0.1, 0.15) is 19.0 Å². The number of halogens is 1. The summed E-state index contributed by atoms with van der Waals surface area (Å²) in [4.78, 5) is 26.0. The Kier molecular flexibility index (Phi) is 4.59. The van der Waals surface area contributed by atoms with Gasteiger partial charge < -0.3 is 4.57 Å². The van der Waals surface area contributed by atoms with Crippen molar-refractivity contribution in [1.29, 1.82) is 0 Å². The van der Waals surface area contributed by atoms with E-state index in [0.717, 1.165) is 29.6 Å². The second kappa shape index (κ2) is 6.64. The van der Waals surface area contributed by atoms with Crippen molar-refractivity contribution in [2.75, 3.05) is 6.54 Å². The van der Waals surface area contributed by atoms with E-state index in [-0.39, 0.29) is 11.1 Å². The SMILES string of the molecule is CCCN1C(=O)S/C(=C/c2cccn2-c2ccc(Cl)cc2)C1=O. The molecule has 2 heterocycles. The Morgan fingerprint density at radius 1 is 1.17 bits per heavy atom. The third-order valence-electron chi connectivity index (χ3n) is 3.48. The van der Waals surface area contributed by atoms with Crippen molar-refractivity contribution < 1.29 is 9.59 Å². The second-order valence-electron chi connectivity index (χ2n) is 5.11. The summed E-state index contributed by atoms with van der Waals surface area (Å²) in [6, 6.07) is 11.2. The van der Waals surface area contributed by atoms with E-state index in [4.69, 9.17) is 11.6 Å². The smallest absolute Gasteiger partial charge is 0.293 e. The Morgan fingerprint density at radius 3 is 2.61 bits per heavy atom. The Hall–Kier alpha value is -1.98. The van der Waals surface area contributed by atoms with Crippen molar-refractivity contribution in [3.8, 4) is 5.69 Å². The number of carbonyl (C=O) groups excluding carboxylic acids is 2. The quantitative estimate of drug-likeness (QED) is 0.761. The minimum Gasteiger partial charge on any atom is -0.317 e. The zero-order valence-electron chi connectivity index (χ0n) is 12.5. The van der Waals surface area contributed by atoms with E-state index in [1.807, 2.05) is 54.1 Å². The highest BCUT2D eigenvalue weighted by molar-refractivity contribution is 8.18.